The van der Waals surface area contributed by atoms with Crippen molar-refractivity contribution in [3.8, 4) is 22.9 Å². The summed E-state index contributed by atoms with van der Waals surface area (Å²) < 4.78 is 95.1. The number of hydrogen-bond acceptors (Lipinski definition) is 8. The summed E-state index contributed by atoms with van der Waals surface area (Å²) in [6.45, 7) is 0.986. The Morgan fingerprint density at radius 2 is 1.69 bits per heavy atom. The van der Waals surface area contributed by atoms with Crippen molar-refractivity contribution in [1.82, 2.24) is 20.0 Å². The minimum absolute atomic E-state index is 0.0106. The van der Waals surface area contributed by atoms with E-state index < -0.39 is 29.9 Å². The van der Waals surface area contributed by atoms with E-state index in [4.69, 9.17) is 14.5 Å². The number of ether oxygens (including phenoxy) is 2. The van der Waals surface area contributed by atoms with E-state index in [1.165, 1.54) is 18.4 Å². The lowest BCUT2D eigenvalue weighted by Gasteiger charge is -2.32. The maximum atomic E-state index is 13.2. The first-order valence-corrected chi connectivity index (χ1v) is 14.4. The van der Waals surface area contributed by atoms with Crippen molar-refractivity contribution in [2.75, 3.05) is 20.2 Å². The van der Waals surface area contributed by atoms with Crippen LogP contribution in [0.3, 0.4) is 0 Å². The largest absolute Gasteiger partial charge is 0.496 e. The van der Waals surface area contributed by atoms with Crippen LogP contribution >= 0.6 is 11.3 Å². The number of alkyl halides is 6. The van der Waals surface area contributed by atoms with E-state index in [2.05, 4.69) is 14.7 Å². The van der Waals surface area contributed by atoms with Gasteiger partial charge in [-0.1, -0.05) is 5.16 Å². The lowest BCUT2D eigenvalue weighted by molar-refractivity contribution is -0.185. The molecule has 0 atom stereocenters. The highest BCUT2D eigenvalue weighted by Gasteiger charge is 2.43. The lowest BCUT2D eigenvalue weighted by atomic mass is 9.82. The first-order chi connectivity index (χ1) is 19.9. The molecule has 0 amide bonds. The molecule has 0 bridgehead atoms. The molecule has 3 heterocycles. The molecule has 2 aliphatic rings. The maximum Gasteiger partial charge on any atom is 0.439 e. The molecule has 0 radical (unpaired) electrons. The summed E-state index contributed by atoms with van der Waals surface area (Å²) in [5, 5.41) is 4.40. The van der Waals surface area contributed by atoms with E-state index in [1.807, 2.05) is 4.90 Å². The molecular weight excluding hydrogens is 590 g/mol. The molecule has 1 aliphatic heterocycles. The lowest BCUT2D eigenvalue weighted by Crippen LogP contribution is -2.38. The normalized spacial score (nSPS) is 21.0. The molecule has 1 saturated carbocycles. The monoisotopic (exact) mass is 620 g/mol. The molecule has 0 unspecified atom stereocenters. The van der Waals surface area contributed by atoms with E-state index >= 15 is 0 Å². The number of nitrogens with zero attached hydrogens (tertiary/aromatic N) is 3. The molecule has 5 rings (SSSR count). The van der Waals surface area contributed by atoms with Crippen molar-refractivity contribution in [3.63, 3.8) is 0 Å². The van der Waals surface area contributed by atoms with Gasteiger partial charge in [0.05, 0.1) is 40.1 Å². The fraction of sp³-hybridized carbons (Fsp3) is 0.593. The summed E-state index contributed by atoms with van der Waals surface area (Å²) in [5.74, 6) is -2.45. The Morgan fingerprint density at radius 3 is 2.29 bits per heavy atom. The van der Waals surface area contributed by atoms with E-state index in [0.717, 1.165) is 9.88 Å². The number of aromatic amines is 1. The Hall–Kier alpha value is -3.07. The number of hydrogen-bond donors (Lipinski definition) is 1. The second kappa shape index (κ2) is 12.3. The number of thiazole rings is 1. The van der Waals surface area contributed by atoms with Crippen LogP contribution in [0.1, 0.15) is 60.0 Å². The van der Waals surface area contributed by atoms with Gasteiger partial charge >= 0.3 is 18.1 Å². The Morgan fingerprint density at radius 1 is 1.02 bits per heavy atom. The molecule has 3 aromatic rings. The molecular formula is C27H30F6N4O4S. The van der Waals surface area contributed by atoms with Crippen molar-refractivity contribution in [3.05, 3.63) is 44.3 Å². The Bertz CT molecular complexity index is 1400. The van der Waals surface area contributed by atoms with Crippen LogP contribution in [-0.2, 0) is 13.2 Å². The molecule has 42 heavy (non-hydrogen) atoms. The van der Waals surface area contributed by atoms with Crippen LogP contribution in [-0.4, -0.2) is 52.6 Å². The molecule has 8 nitrogen and oxygen atoms in total. The third kappa shape index (κ3) is 7.10. The van der Waals surface area contributed by atoms with Crippen LogP contribution in [0.2, 0.25) is 0 Å². The number of methoxy groups -OCH3 is 1. The quantitative estimate of drug-likeness (QED) is 0.281. The molecule has 2 aromatic heterocycles. The zero-order chi connectivity index (χ0) is 30.1. The van der Waals surface area contributed by atoms with Crippen molar-refractivity contribution >= 4 is 11.3 Å². The summed E-state index contributed by atoms with van der Waals surface area (Å²) in [4.78, 5) is 21.3. The van der Waals surface area contributed by atoms with Crippen LogP contribution < -0.4 is 15.2 Å². The molecule has 0 spiro atoms. The van der Waals surface area contributed by atoms with Crippen LogP contribution in [0.25, 0.3) is 11.4 Å². The summed E-state index contributed by atoms with van der Waals surface area (Å²) in [7, 11) is 1.45. The standard InChI is InChI=1S/C27H30F6N4O4S/c1-39-21-12-18(6-7-19(21)23-35-25(38)41-36-23)40-14-22-20(13-37-10-8-17(9-11-37)27(31,32)33)34-24(42-22)15-2-4-16(5-3-15)26(28,29)30/h6-7,12,15-17H,2-5,8-11,13-14H2,1H3,(H,35,36,38). The fourth-order valence-electron chi connectivity index (χ4n) is 5.56. The van der Waals surface area contributed by atoms with Crippen molar-refractivity contribution in [1.29, 1.82) is 0 Å². The number of H-pyrrole nitrogens is 1. The van der Waals surface area contributed by atoms with Crippen molar-refractivity contribution in [2.24, 2.45) is 11.8 Å². The van der Waals surface area contributed by atoms with Crippen LogP contribution in [0.5, 0.6) is 11.5 Å². The number of rotatable bonds is 8. The predicted molar refractivity (Wildman–Crippen MR) is 140 cm³/mol. The van der Waals surface area contributed by atoms with Crippen LogP contribution in [0.4, 0.5) is 26.3 Å². The third-order valence-electron chi connectivity index (χ3n) is 8.00. The van der Waals surface area contributed by atoms with Gasteiger partial charge in [-0.3, -0.25) is 14.4 Å². The first kappa shape index (κ1) is 30.4. The minimum Gasteiger partial charge on any atom is -0.496 e. The van der Waals surface area contributed by atoms with Gasteiger partial charge in [0.1, 0.15) is 18.1 Å². The van der Waals surface area contributed by atoms with Crippen molar-refractivity contribution in [2.45, 2.75) is 69.9 Å². The van der Waals surface area contributed by atoms with E-state index in [9.17, 15) is 31.1 Å². The van der Waals surface area contributed by atoms with E-state index in [0.29, 0.717) is 42.1 Å². The number of piperidine rings is 1. The average Bonchev–Trinajstić information content (AvgIpc) is 3.57. The molecule has 15 heteroatoms. The average molecular weight is 621 g/mol. The number of nitrogens with one attached hydrogen (secondary N) is 1. The zero-order valence-electron chi connectivity index (χ0n) is 22.7. The maximum absolute atomic E-state index is 13.2. The van der Waals surface area contributed by atoms with Crippen LogP contribution in [0, 0.1) is 11.8 Å². The summed E-state index contributed by atoms with van der Waals surface area (Å²) in [6.07, 6.45) is -7.57. The van der Waals surface area contributed by atoms with Crippen molar-refractivity contribution < 1.29 is 40.3 Å². The zero-order valence-corrected chi connectivity index (χ0v) is 23.5. The summed E-state index contributed by atoms with van der Waals surface area (Å²) in [5.41, 5.74) is 1.15. The third-order valence-corrected chi connectivity index (χ3v) is 9.23. The highest BCUT2D eigenvalue weighted by Crippen LogP contribution is 2.44. The van der Waals surface area contributed by atoms with Gasteiger partial charge in [0.2, 0.25) is 0 Å². The number of benzene rings is 1. The second-order valence-corrected chi connectivity index (χ2v) is 11.8. The van der Waals surface area contributed by atoms with Gasteiger partial charge in [0.15, 0.2) is 5.82 Å². The number of halogens is 6. The van der Waals surface area contributed by atoms with E-state index in [1.54, 1.807) is 18.2 Å². The highest BCUT2D eigenvalue weighted by atomic mass is 32.1. The molecule has 1 aliphatic carbocycles. The minimum atomic E-state index is -4.21. The highest BCUT2D eigenvalue weighted by molar-refractivity contribution is 7.11. The smallest absolute Gasteiger partial charge is 0.439 e. The topological polar surface area (TPSA) is 93.5 Å². The fourth-order valence-corrected chi connectivity index (χ4v) is 6.72. The van der Waals surface area contributed by atoms with Gasteiger partial charge in [-0.05, 0) is 63.7 Å². The Balaban J connectivity index is 1.32. The van der Waals surface area contributed by atoms with Gasteiger partial charge in [0.25, 0.3) is 0 Å². The Kier molecular flexibility index (Phi) is 8.88. The van der Waals surface area contributed by atoms with E-state index in [-0.39, 0.29) is 57.1 Å². The number of likely N-dealkylation sites (tertiary alicyclic amines) is 1. The second-order valence-electron chi connectivity index (χ2n) is 10.7. The first-order valence-electron chi connectivity index (χ1n) is 13.6. The predicted octanol–water partition coefficient (Wildman–Crippen LogP) is 6.68. The summed E-state index contributed by atoms with van der Waals surface area (Å²) in [6, 6.07) is 4.92. The Labute approximate surface area is 241 Å². The molecule has 1 saturated heterocycles. The van der Waals surface area contributed by atoms with Gasteiger partial charge in [-0.15, -0.1) is 11.3 Å². The van der Waals surface area contributed by atoms with Crippen LogP contribution in [0.15, 0.2) is 27.5 Å². The molecule has 1 N–H and O–H groups in total. The van der Waals surface area contributed by atoms with Gasteiger partial charge in [-0.2, -0.15) is 26.3 Å². The molecule has 1 aromatic carbocycles. The number of aromatic nitrogens is 3. The SMILES string of the molecule is COc1cc(OCc2sc(C3CCC(C(F)(F)F)CC3)nc2CN2CCC(C(F)(F)F)CC2)ccc1-c1noc(=O)[nH]1. The molecule has 2 fully saturated rings. The van der Waals surface area contributed by atoms with Gasteiger partial charge in [-0.25, -0.2) is 9.78 Å². The molecule has 230 valence electrons. The van der Waals surface area contributed by atoms with Gasteiger partial charge in [0, 0.05) is 18.5 Å². The van der Waals surface area contributed by atoms with Gasteiger partial charge < -0.3 is 9.47 Å². The summed E-state index contributed by atoms with van der Waals surface area (Å²) >= 11 is 1.38.